The Hall–Kier alpha value is -1.85. The van der Waals surface area contributed by atoms with Crippen LogP contribution >= 0.6 is 0 Å². The van der Waals surface area contributed by atoms with Gasteiger partial charge in [0.2, 0.25) is 0 Å². The van der Waals surface area contributed by atoms with E-state index in [0.717, 1.165) is 44.1 Å². The molecule has 0 bridgehead atoms. The lowest BCUT2D eigenvalue weighted by Crippen LogP contribution is -2.43. The summed E-state index contributed by atoms with van der Waals surface area (Å²) in [6.45, 7) is 6.08. The number of hydrogen-bond donors (Lipinski definition) is 2. The van der Waals surface area contributed by atoms with Gasteiger partial charge in [-0.2, -0.15) is 5.10 Å². The molecule has 0 saturated carbocycles. The number of hydrogen-bond acceptors (Lipinski definition) is 4. The zero-order valence-electron chi connectivity index (χ0n) is 15.0. The van der Waals surface area contributed by atoms with Crippen LogP contribution in [0, 0.1) is 12.8 Å². The molecule has 1 aliphatic rings. The second-order valence-corrected chi connectivity index (χ2v) is 7.07. The number of fused-ring (bicyclic) bond motifs is 1. The minimum absolute atomic E-state index is 0.506. The van der Waals surface area contributed by atoms with Gasteiger partial charge in [-0.1, -0.05) is 30.3 Å². The minimum Gasteiger partial charge on any atom is -0.370 e. The predicted molar refractivity (Wildman–Crippen MR) is 99.4 cm³/mol. The second-order valence-electron chi connectivity index (χ2n) is 7.07. The summed E-state index contributed by atoms with van der Waals surface area (Å²) in [4.78, 5) is 2.31. The summed E-state index contributed by atoms with van der Waals surface area (Å²) in [5.41, 5.74) is 2.48. The summed E-state index contributed by atoms with van der Waals surface area (Å²) in [5, 5.41) is 11.7. The van der Waals surface area contributed by atoms with Crippen molar-refractivity contribution < 1.29 is 0 Å². The van der Waals surface area contributed by atoms with Gasteiger partial charge < -0.3 is 15.5 Å². The van der Waals surface area contributed by atoms with Crippen LogP contribution in [0.1, 0.15) is 11.3 Å². The number of nitrogens with one attached hydrogen (secondary N) is 2. The Labute approximate surface area is 145 Å². The first-order valence-corrected chi connectivity index (χ1v) is 8.81. The molecule has 0 aliphatic carbocycles. The molecule has 0 radical (unpaired) electrons. The van der Waals surface area contributed by atoms with Crippen LogP contribution in [0.3, 0.4) is 0 Å². The van der Waals surface area contributed by atoms with Gasteiger partial charge in [-0.05, 0) is 33.0 Å². The standard InChI is InChI=1S/C19H29N5/c1-15-9-19-21-12-17(14-24(19)22-15)11-20-13-18(23(2)3)10-16-7-5-4-6-8-16/h4-9,17-18,20-21H,10-14H2,1-3H3/t17-,18+/m0/s1. The highest BCUT2D eigenvalue weighted by Crippen LogP contribution is 2.18. The largest absolute Gasteiger partial charge is 0.370 e. The van der Waals surface area contributed by atoms with Crippen molar-refractivity contribution in [1.29, 1.82) is 0 Å². The second kappa shape index (κ2) is 7.81. The fourth-order valence-electron chi connectivity index (χ4n) is 3.30. The molecule has 3 rings (SSSR count). The molecule has 1 aromatic carbocycles. The van der Waals surface area contributed by atoms with Gasteiger partial charge in [0.05, 0.1) is 5.69 Å². The topological polar surface area (TPSA) is 45.1 Å². The minimum atomic E-state index is 0.506. The van der Waals surface area contributed by atoms with Gasteiger partial charge in [0.15, 0.2) is 0 Å². The van der Waals surface area contributed by atoms with Crippen molar-refractivity contribution in [3.05, 3.63) is 47.7 Å². The molecule has 0 saturated heterocycles. The average Bonchev–Trinajstić information content (AvgIpc) is 2.94. The van der Waals surface area contributed by atoms with E-state index in [-0.39, 0.29) is 0 Å². The van der Waals surface area contributed by atoms with Crippen LogP contribution in [0.5, 0.6) is 0 Å². The first kappa shape index (κ1) is 17.0. The molecule has 24 heavy (non-hydrogen) atoms. The molecule has 0 amide bonds. The molecule has 2 atom stereocenters. The number of benzene rings is 1. The Kier molecular flexibility index (Phi) is 5.53. The third-order valence-electron chi connectivity index (χ3n) is 4.76. The quantitative estimate of drug-likeness (QED) is 0.816. The Morgan fingerprint density at radius 3 is 2.88 bits per heavy atom. The fraction of sp³-hybridized carbons (Fsp3) is 0.526. The molecule has 2 heterocycles. The molecule has 5 nitrogen and oxygen atoms in total. The van der Waals surface area contributed by atoms with Crippen LogP contribution in [0.15, 0.2) is 36.4 Å². The number of rotatable bonds is 7. The van der Waals surface area contributed by atoms with E-state index in [9.17, 15) is 0 Å². The molecule has 0 spiro atoms. The van der Waals surface area contributed by atoms with E-state index in [0.29, 0.717) is 12.0 Å². The number of aryl methyl sites for hydroxylation is 1. The molecule has 5 heteroatoms. The van der Waals surface area contributed by atoms with Crippen LogP contribution in [0.2, 0.25) is 0 Å². The summed E-state index contributed by atoms with van der Waals surface area (Å²) >= 11 is 0. The van der Waals surface area contributed by atoms with Gasteiger partial charge in [0, 0.05) is 44.2 Å². The predicted octanol–water partition coefficient (Wildman–Crippen LogP) is 2.00. The maximum absolute atomic E-state index is 4.55. The van der Waals surface area contributed by atoms with Crippen LogP contribution in [0.25, 0.3) is 0 Å². The van der Waals surface area contributed by atoms with Crippen molar-refractivity contribution in [1.82, 2.24) is 20.0 Å². The third kappa shape index (κ3) is 4.36. The zero-order chi connectivity index (χ0) is 16.9. The van der Waals surface area contributed by atoms with Crippen molar-refractivity contribution in [3.63, 3.8) is 0 Å². The average molecular weight is 327 g/mol. The highest BCUT2D eigenvalue weighted by Gasteiger charge is 2.19. The lowest BCUT2D eigenvalue weighted by molar-refractivity contribution is 0.273. The fourth-order valence-corrected chi connectivity index (χ4v) is 3.30. The summed E-state index contributed by atoms with van der Waals surface area (Å²) in [7, 11) is 4.33. The molecule has 2 aromatic rings. The van der Waals surface area contributed by atoms with Crippen LogP contribution in [0.4, 0.5) is 5.82 Å². The van der Waals surface area contributed by atoms with Crippen LogP contribution in [-0.4, -0.2) is 54.5 Å². The first-order chi connectivity index (χ1) is 11.6. The van der Waals surface area contributed by atoms with E-state index in [1.54, 1.807) is 0 Å². The Morgan fingerprint density at radius 2 is 2.12 bits per heavy atom. The molecule has 1 aliphatic heterocycles. The lowest BCUT2D eigenvalue weighted by Gasteiger charge is -2.28. The maximum Gasteiger partial charge on any atom is 0.124 e. The van der Waals surface area contributed by atoms with E-state index in [2.05, 4.69) is 75.8 Å². The van der Waals surface area contributed by atoms with Crippen LogP contribution in [-0.2, 0) is 13.0 Å². The van der Waals surface area contributed by atoms with Crippen molar-refractivity contribution >= 4 is 5.82 Å². The highest BCUT2D eigenvalue weighted by molar-refractivity contribution is 5.38. The molecule has 0 unspecified atom stereocenters. The van der Waals surface area contributed by atoms with Crippen molar-refractivity contribution in [2.45, 2.75) is 25.9 Å². The van der Waals surface area contributed by atoms with E-state index in [1.807, 2.05) is 6.92 Å². The highest BCUT2D eigenvalue weighted by atomic mass is 15.3. The van der Waals surface area contributed by atoms with E-state index in [4.69, 9.17) is 0 Å². The monoisotopic (exact) mass is 327 g/mol. The smallest absolute Gasteiger partial charge is 0.124 e. The Bertz CT molecular complexity index is 634. The van der Waals surface area contributed by atoms with Crippen molar-refractivity contribution in [2.24, 2.45) is 5.92 Å². The lowest BCUT2D eigenvalue weighted by atomic mass is 10.0. The third-order valence-corrected chi connectivity index (χ3v) is 4.76. The molecular weight excluding hydrogens is 298 g/mol. The van der Waals surface area contributed by atoms with Gasteiger partial charge in [0.1, 0.15) is 5.82 Å². The summed E-state index contributed by atoms with van der Waals surface area (Å²) < 4.78 is 2.10. The zero-order valence-corrected chi connectivity index (χ0v) is 15.0. The Balaban J connectivity index is 1.47. The normalized spacial score (nSPS) is 18.2. The first-order valence-electron chi connectivity index (χ1n) is 8.81. The van der Waals surface area contributed by atoms with Crippen LogP contribution < -0.4 is 10.6 Å². The molecule has 2 N–H and O–H groups in total. The summed E-state index contributed by atoms with van der Waals surface area (Å²) in [6, 6.07) is 13.4. The Morgan fingerprint density at radius 1 is 1.33 bits per heavy atom. The van der Waals surface area contributed by atoms with Gasteiger partial charge in [-0.3, -0.25) is 0 Å². The van der Waals surface area contributed by atoms with Gasteiger partial charge >= 0.3 is 0 Å². The number of aromatic nitrogens is 2. The van der Waals surface area contributed by atoms with Crippen molar-refractivity contribution in [3.8, 4) is 0 Å². The maximum atomic E-state index is 4.55. The van der Waals surface area contributed by atoms with Gasteiger partial charge in [-0.15, -0.1) is 0 Å². The molecule has 1 aromatic heterocycles. The van der Waals surface area contributed by atoms with E-state index < -0.39 is 0 Å². The molecular formula is C19H29N5. The number of anilines is 1. The SMILES string of the molecule is Cc1cc2n(n1)C[C@@H](CNC[C@@H](Cc1ccccc1)N(C)C)CN2. The van der Waals surface area contributed by atoms with Crippen molar-refractivity contribution in [2.75, 3.05) is 39.0 Å². The van der Waals surface area contributed by atoms with E-state index >= 15 is 0 Å². The number of likely N-dealkylation sites (N-methyl/N-ethyl adjacent to an activating group) is 1. The van der Waals surface area contributed by atoms with Gasteiger partial charge in [0.25, 0.3) is 0 Å². The molecule has 130 valence electrons. The summed E-state index contributed by atoms with van der Waals surface area (Å²) in [6.07, 6.45) is 1.08. The molecule has 0 fully saturated rings. The number of nitrogens with zero attached hydrogens (tertiary/aromatic N) is 3. The van der Waals surface area contributed by atoms with Gasteiger partial charge in [-0.25, -0.2) is 4.68 Å². The summed E-state index contributed by atoms with van der Waals surface area (Å²) in [5.74, 6) is 1.73. The van der Waals surface area contributed by atoms with E-state index in [1.165, 1.54) is 5.56 Å².